The summed E-state index contributed by atoms with van der Waals surface area (Å²) in [5.74, 6) is 0.500. The van der Waals surface area contributed by atoms with Crippen molar-refractivity contribution in [1.82, 2.24) is 15.2 Å². The number of hydrogen-bond acceptors (Lipinski definition) is 9. The number of ether oxygens (including phenoxy) is 2. The molecule has 4 aliphatic rings. The fourth-order valence-corrected chi connectivity index (χ4v) is 10.2. The third-order valence-corrected chi connectivity index (χ3v) is 14.2. The lowest BCUT2D eigenvalue weighted by Crippen LogP contribution is -2.54. The number of carbonyl (C=O) groups is 3. The van der Waals surface area contributed by atoms with Crippen LogP contribution in [0.4, 0.5) is 18.9 Å². The second-order valence-electron chi connectivity index (χ2n) is 18.5. The Hall–Kier alpha value is -4.56. The Labute approximate surface area is 372 Å². The molecular formula is C49H61F3N4O6S. The minimum atomic E-state index is -4.58. The fourth-order valence-electron chi connectivity index (χ4n) is 9.13. The van der Waals surface area contributed by atoms with E-state index in [0.29, 0.717) is 47.8 Å². The van der Waals surface area contributed by atoms with Crippen LogP contribution in [0.1, 0.15) is 108 Å². The van der Waals surface area contributed by atoms with Gasteiger partial charge in [-0.3, -0.25) is 14.4 Å². The fraction of sp³-hybridized carbons (Fsp3) is 0.551. The van der Waals surface area contributed by atoms with Crippen LogP contribution in [0.3, 0.4) is 0 Å². The predicted molar refractivity (Wildman–Crippen MR) is 241 cm³/mol. The van der Waals surface area contributed by atoms with Crippen molar-refractivity contribution in [3.63, 3.8) is 0 Å². The molecule has 3 fully saturated rings. The van der Waals surface area contributed by atoms with E-state index in [4.69, 9.17) is 14.5 Å². The summed E-state index contributed by atoms with van der Waals surface area (Å²) >= 11 is 1.62. The summed E-state index contributed by atoms with van der Waals surface area (Å²) in [6.07, 6.45) is 1.32. The lowest BCUT2D eigenvalue weighted by atomic mass is 9.98. The molecule has 1 aromatic heterocycles. The van der Waals surface area contributed by atoms with Crippen molar-refractivity contribution in [3.8, 4) is 11.5 Å². The first-order valence-corrected chi connectivity index (χ1v) is 23.3. The number of Topliss-reactive ketones (excluding diaryl/α,β-unsaturated/α-hetero) is 1. The minimum absolute atomic E-state index is 0.00477. The zero-order valence-electron chi connectivity index (χ0n) is 37.4. The van der Waals surface area contributed by atoms with E-state index in [1.807, 2.05) is 45.9 Å². The van der Waals surface area contributed by atoms with Crippen LogP contribution >= 0.6 is 11.8 Å². The van der Waals surface area contributed by atoms with Crippen LogP contribution < -0.4 is 20.1 Å². The number of aromatic nitrogens is 1. The standard InChI is InChI=1S/C49H61F3N4O6S/c1-8-33-23-48(33,44(58)22-40(57)30-12-13-30)55-47(60)39-20-35(25-56(39)45(59)24-53-37-19-34(49(50,51)52)15-14-31(37)18-27(2)3)62-42-21-38(43-11-9-10-32(26-63-43)28(4)5)54-46-29(6)41(61-7)17-16-36(42)46/h11,14-17,19,21,26-28,30,33,35,39-40,53,57H,8-10,12-13,18,20,22-25H2,1-7H3,(H,55,60). The number of anilines is 1. The molecule has 2 aromatic carbocycles. The molecule has 1 saturated heterocycles. The first-order chi connectivity index (χ1) is 29.9. The van der Waals surface area contributed by atoms with E-state index >= 15 is 0 Å². The van der Waals surface area contributed by atoms with E-state index in [1.54, 1.807) is 18.9 Å². The molecule has 2 amide bonds. The number of amides is 2. The molecule has 2 aliphatic heterocycles. The van der Waals surface area contributed by atoms with Gasteiger partial charge in [0.15, 0.2) is 5.78 Å². The Morgan fingerprint density at radius 3 is 2.49 bits per heavy atom. The van der Waals surface area contributed by atoms with Gasteiger partial charge in [0.1, 0.15) is 29.2 Å². The topological polar surface area (TPSA) is 130 Å². The highest BCUT2D eigenvalue weighted by molar-refractivity contribution is 8.10. The lowest BCUT2D eigenvalue weighted by molar-refractivity contribution is -0.139. The number of nitrogens with zero attached hydrogens (tertiary/aromatic N) is 2. The first-order valence-electron chi connectivity index (χ1n) is 22.4. The number of aliphatic hydroxyl groups excluding tert-OH is 1. The second-order valence-corrected chi connectivity index (χ2v) is 19.4. The molecule has 63 heavy (non-hydrogen) atoms. The van der Waals surface area contributed by atoms with Gasteiger partial charge in [-0.2, -0.15) is 13.2 Å². The molecule has 340 valence electrons. The highest BCUT2D eigenvalue weighted by atomic mass is 32.2. The van der Waals surface area contributed by atoms with Gasteiger partial charge in [-0.05, 0) is 104 Å². The number of nitrogens with one attached hydrogen (secondary N) is 2. The number of carbonyl (C=O) groups excluding carboxylic acids is 3. The number of pyridine rings is 1. The summed E-state index contributed by atoms with van der Waals surface area (Å²) < 4.78 is 54.1. The molecular weight excluding hydrogens is 830 g/mol. The largest absolute Gasteiger partial charge is 0.496 e. The maximum atomic E-state index is 14.6. The number of aryl methyl sites for hydroxylation is 1. The van der Waals surface area contributed by atoms with Crippen molar-refractivity contribution in [2.24, 2.45) is 23.7 Å². The van der Waals surface area contributed by atoms with Crippen molar-refractivity contribution in [2.75, 3.05) is 25.5 Å². The number of methoxy groups -OCH3 is 1. The van der Waals surface area contributed by atoms with E-state index in [0.717, 1.165) is 59.4 Å². The zero-order chi connectivity index (χ0) is 45.4. The van der Waals surface area contributed by atoms with Crippen LogP contribution in [0.25, 0.3) is 15.8 Å². The Balaban J connectivity index is 1.20. The summed E-state index contributed by atoms with van der Waals surface area (Å²) in [5.41, 5.74) is 2.46. The number of ketones is 1. The van der Waals surface area contributed by atoms with Crippen LogP contribution in [-0.4, -0.2) is 76.6 Å². The van der Waals surface area contributed by atoms with Crippen molar-refractivity contribution in [1.29, 1.82) is 0 Å². The Kier molecular flexibility index (Phi) is 13.9. The molecule has 2 saturated carbocycles. The summed E-state index contributed by atoms with van der Waals surface area (Å²) in [6, 6.07) is 8.11. The first kappa shape index (κ1) is 46.4. The van der Waals surface area contributed by atoms with Crippen LogP contribution in [-0.2, 0) is 27.0 Å². The Bertz CT molecular complexity index is 2290. The van der Waals surface area contributed by atoms with Gasteiger partial charge in [-0.25, -0.2) is 4.98 Å². The number of rotatable bonds is 17. The number of fused-ring (bicyclic) bond motifs is 1. The monoisotopic (exact) mass is 890 g/mol. The highest BCUT2D eigenvalue weighted by Crippen LogP contribution is 2.49. The van der Waals surface area contributed by atoms with Gasteiger partial charge in [-0.1, -0.05) is 70.5 Å². The highest BCUT2D eigenvalue weighted by Gasteiger charge is 2.60. The molecule has 0 radical (unpaired) electrons. The zero-order valence-corrected chi connectivity index (χ0v) is 38.2. The number of alkyl halides is 3. The number of benzene rings is 2. The van der Waals surface area contributed by atoms with Crippen LogP contribution in [0.5, 0.6) is 11.5 Å². The summed E-state index contributed by atoms with van der Waals surface area (Å²) in [4.78, 5) is 50.3. The van der Waals surface area contributed by atoms with Gasteiger partial charge in [0.05, 0.1) is 43.1 Å². The maximum absolute atomic E-state index is 14.6. The average molecular weight is 891 g/mol. The Morgan fingerprint density at radius 2 is 1.84 bits per heavy atom. The average Bonchev–Trinajstić information content (AvgIpc) is 4.16. The molecule has 14 heteroatoms. The van der Waals surface area contributed by atoms with Crippen molar-refractivity contribution < 1.29 is 42.1 Å². The second kappa shape index (κ2) is 18.9. The van der Waals surface area contributed by atoms with E-state index < -0.39 is 47.3 Å². The van der Waals surface area contributed by atoms with E-state index in [1.165, 1.54) is 16.5 Å². The van der Waals surface area contributed by atoms with E-state index in [9.17, 15) is 32.7 Å². The van der Waals surface area contributed by atoms with Crippen LogP contribution in [0.15, 0.2) is 53.5 Å². The van der Waals surface area contributed by atoms with Crippen molar-refractivity contribution >= 4 is 50.9 Å². The normalized spacial score (nSPS) is 23.0. The Morgan fingerprint density at radius 1 is 1.08 bits per heavy atom. The predicted octanol–water partition coefficient (Wildman–Crippen LogP) is 9.65. The smallest absolute Gasteiger partial charge is 0.416 e. The molecule has 3 aromatic rings. The molecule has 10 nitrogen and oxygen atoms in total. The maximum Gasteiger partial charge on any atom is 0.416 e. The van der Waals surface area contributed by atoms with Crippen LogP contribution in [0.2, 0.25) is 0 Å². The number of allylic oxidation sites excluding steroid dienone is 2. The molecule has 5 unspecified atom stereocenters. The van der Waals surface area contributed by atoms with Gasteiger partial charge >= 0.3 is 6.18 Å². The van der Waals surface area contributed by atoms with E-state index in [2.05, 4.69) is 36.0 Å². The molecule has 3 heterocycles. The van der Waals surface area contributed by atoms with Gasteiger partial charge in [-0.15, -0.1) is 0 Å². The van der Waals surface area contributed by atoms with Crippen molar-refractivity contribution in [2.45, 2.75) is 129 Å². The molecule has 5 atom stereocenters. The summed E-state index contributed by atoms with van der Waals surface area (Å²) in [6.45, 7) is 11.8. The molecule has 3 N–H and O–H groups in total. The third kappa shape index (κ3) is 10.4. The summed E-state index contributed by atoms with van der Waals surface area (Å²) in [7, 11) is 1.61. The van der Waals surface area contributed by atoms with Gasteiger partial charge < -0.3 is 30.1 Å². The molecule has 0 bridgehead atoms. The number of hydrogen-bond donors (Lipinski definition) is 3. The number of thioether (sulfide) groups is 1. The molecule has 0 spiro atoms. The number of halogens is 3. The van der Waals surface area contributed by atoms with Crippen LogP contribution in [0, 0.1) is 30.6 Å². The number of likely N-dealkylation sites (tertiary alicyclic amines) is 1. The van der Waals surface area contributed by atoms with Gasteiger partial charge in [0.2, 0.25) is 11.8 Å². The lowest BCUT2D eigenvalue weighted by Gasteiger charge is -2.27. The number of aliphatic hydroxyl groups is 1. The molecule has 2 aliphatic carbocycles. The third-order valence-electron chi connectivity index (χ3n) is 13.1. The quantitative estimate of drug-likeness (QED) is 0.121. The minimum Gasteiger partial charge on any atom is -0.496 e. The SMILES string of the molecule is CCC1CC1(NC(=O)C1CC(Oc2cc(C3=CCCC(C(C)C)=CS3)nc3c(C)c(OC)ccc23)CN1C(=O)CNc1cc(C(F)(F)F)ccc1CC(C)C)C(=O)CC(O)C1CC1. The van der Waals surface area contributed by atoms with Gasteiger partial charge in [0.25, 0.3) is 0 Å². The van der Waals surface area contributed by atoms with E-state index in [-0.39, 0.29) is 55.2 Å². The molecule has 7 rings (SSSR count). The van der Waals surface area contributed by atoms with Crippen molar-refractivity contribution in [3.05, 3.63) is 75.8 Å². The van der Waals surface area contributed by atoms with Gasteiger partial charge in [0, 0.05) is 40.5 Å². The summed E-state index contributed by atoms with van der Waals surface area (Å²) in [5, 5.41) is 19.7.